The van der Waals surface area contributed by atoms with Crippen molar-refractivity contribution in [1.82, 2.24) is 0 Å². The summed E-state index contributed by atoms with van der Waals surface area (Å²) in [7, 11) is 0. The van der Waals surface area contributed by atoms with Gasteiger partial charge in [0.25, 0.3) is 0 Å². The molecule has 3 rings (SSSR count). The zero-order valence-corrected chi connectivity index (χ0v) is 11.2. The molecule has 1 amide bonds. The average Bonchev–Trinajstić information content (AvgIpc) is 2.85. The van der Waals surface area contributed by atoms with Crippen molar-refractivity contribution in [2.75, 3.05) is 5.32 Å². The molecule has 0 aliphatic heterocycles. The summed E-state index contributed by atoms with van der Waals surface area (Å²) in [6, 6.07) is 15.5. The van der Waals surface area contributed by atoms with Crippen molar-refractivity contribution in [3.8, 4) is 0 Å². The Morgan fingerprint density at radius 1 is 1.10 bits per heavy atom. The Kier molecular flexibility index (Phi) is 3.25. The summed E-state index contributed by atoms with van der Waals surface area (Å²) in [4.78, 5) is 12.1. The predicted molar refractivity (Wildman–Crippen MR) is 79.7 cm³/mol. The summed E-state index contributed by atoms with van der Waals surface area (Å²) in [5.41, 5.74) is 3.70. The SMILES string of the molecule is Cc1ccc(NC(=O)Cc2coc3ccccc23)cc1. The molecule has 1 heterocycles. The van der Waals surface area contributed by atoms with Crippen molar-refractivity contribution < 1.29 is 9.21 Å². The quantitative estimate of drug-likeness (QED) is 0.779. The van der Waals surface area contributed by atoms with Gasteiger partial charge >= 0.3 is 0 Å². The highest BCUT2D eigenvalue weighted by Crippen LogP contribution is 2.21. The van der Waals surface area contributed by atoms with Crippen molar-refractivity contribution >= 4 is 22.6 Å². The van der Waals surface area contributed by atoms with Crippen LogP contribution in [0, 0.1) is 6.92 Å². The number of hydrogen-bond acceptors (Lipinski definition) is 2. The van der Waals surface area contributed by atoms with Gasteiger partial charge in [-0.15, -0.1) is 0 Å². The first-order chi connectivity index (χ1) is 9.72. The van der Waals surface area contributed by atoms with Gasteiger partial charge in [0.1, 0.15) is 5.58 Å². The van der Waals surface area contributed by atoms with Crippen molar-refractivity contribution in [3.63, 3.8) is 0 Å². The normalized spacial score (nSPS) is 10.7. The van der Waals surface area contributed by atoms with E-state index < -0.39 is 0 Å². The third-order valence-corrected chi connectivity index (χ3v) is 3.25. The molecule has 0 atom stereocenters. The maximum atomic E-state index is 12.1. The van der Waals surface area contributed by atoms with Gasteiger partial charge in [-0.2, -0.15) is 0 Å². The van der Waals surface area contributed by atoms with Crippen molar-refractivity contribution in [2.45, 2.75) is 13.3 Å². The van der Waals surface area contributed by atoms with Crippen LogP contribution in [0.3, 0.4) is 0 Å². The van der Waals surface area contributed by atoms with E-state index in [-0.39, 0.29) is 5.91 Å². The molecule has 0 unspecified atom stereocenters. The number of amides is 1. The molecule has 0 spiro atoms. The molecular formula is C17H15NO2. The van der Waals surface area contributed by atoms with Gasteiger partial charge in [-0.1, -0.05) is 35.9 Å². The summed E-state index contributed by atoms with van der Waals surface area (Å²) >= 11 is 0. The van der Waals surface area contributed by atoms with E-state index in [1.165, 1.54) is 5.56 Å². The highest BCUT2D eigenvalue weighted by atomic mass is 16.3. The van der Waals surface area contributed by atoms with Crippen LogP contribution in [0.25, 0.3) is 11.0 Å². The smallest absolute Gasteiger partial charge is 0.228 e. The van der Waals surface area contributed by atoms with E-state index in [0.29, 0.717) is 6.42 Å². The first-order valence-corrected chi connectivity index (χ1v) is 6.54. The van der Waals surface area contributed by atoms with E-state index in [4.69, 9.17) is 4.42 Å². The Morgan fingerprint density at radius 2 is 1.85 bits per heavy atom. The second-order valence-electron chi connectivity index (χ2n) is 4.85. The molecular weight excluding hydrogens is 250 g/mol. The molecule has 3 heteroatoms. The van der Waals surface area contributed by atoms with Gasteiger partial charge in [-0.3, -0.25) is 4.79 Å². The number of hydrogen-bond donors (Lipinski definition) is 1. The fraction of sp³-hybridized carbons (Fsp3) is 0.118. The monoisotopic (exact) mass is 265 g/mol. The second-order valence-corrected chi connectivity index (χ2v) is 4.85. The highest BCUT2D eigenvalue weighted by Gasteiger charge is 2.10. The van der Waals surface area contributed by atoms with Crippen LogP contribution in [0.1, 0.15) is 11.1 Å². The molecule has 0 aliphatic carbocycles. The molecule has 0 fully saturated rings. The lowest BCUT2D eigenvalue weighted by Crippen LogP contribution is -2.14. The molecule has 3 nitrogen and oxygen atoms in total. The molecule has 0 saturated heterocycles. The van der Waals surface area contributed by atoms with E-state index in [1.807, 2.05) is 55.5 Å². The van der Waals surface area contributed by atoms with Gasteiger partial charge in [-0.05, 0) is 25.1 Å². The number of fused-ring (bicyclic) bond motifs is 1. The Bertz CT molecular complexity index is 741. The fourth-order valence-electron chi connectivity index (χ4n) is 2.18. The lowest BCUT2D eigenvalue weighted by atomic mass is 10.1. The van der Waals surface area contributed by atoms with Crippen LogP contribution >= 0.6 is 0 Å². The van der Waals surface area contributed by atoms with Gasteiger partial charge in [0.2, 0.25) is 5.91 Å². The molecule has 20 heavy (non-hydrogen) atoms. The molecule has 0 saturated carbocycles. The van der Waals surface area contributed by atoms with E-state index in [1.54, 1.807) is 6.26 Å². The number of furan rings is 1. The number of carbonyl (C=O) groups is 1. The van der Waals surface area contributed by atoms with Crippen LogP contribution in [-0.2, 0) is 11.2 Å². The van der Waals surface area contributed by atoms with Crippen LogP contribution in [0.2, 0.25) is 0 Å². The largest absolute Gasteiger partial charge is 0.464 e. The van der Waals surface area contributed by atoms with Crippen LogP contribution in [0.4, 0.5) is 5.69 Å². The van der Waals surface area contributed by atoms with Gasteiger partial charge in [-0.25, -0.2) is 0 Å². The molecule has 0 bridgehead atoms. The first-order valence-electron chi connectivity index (χ1n) is 6.54. The van der Waals surface area contributed by atoms with E-state index in [9.17, 15) is 4.79 Å². The van der Waals surface area contributed by atoms with Crippen LogP contribution < -0.4 is 5.32 Å². The number of nitrogens with one attached hydrogen (secondary N) is 1. The summed E-state index contributed by atoms with van der Waals surface area (Å²) < 4.78 is 5.44. The number of rotatable bonds is 3. The van der Waals surface area contributed by atoms with Crippen molar-refractivity contribution in [1.29, 1.82) is 0 Å². The Labute approximate surface area is 117 Å². The molecule has 3 aromatic rings. The summed E-state index contributed by atoms with van der Waals surface area (Å²) in [6.07, 6.45) is 1.96. The van der Waals surface area contributed by atoms with E-state index in [0.717, 1.165) is 22.2 Å². The molecule has 100 valence electrons. The zero-order valence-electron chi connectivity index (χ0n) is 11.2. The van der Waals surface area contributed by atoms with Gasteiger partial charge in [0.05, 0.1) is 12.7 Å². The number of para-hydroxylation sites is 1. The minimum atomic E-state index is -0.0413. The summed E-state index contributed by atoms with van der Waals surface area (Å²) in [6.45, 7) is 2.02. The lowest BCUT2D eigenvalue weighted by Gasteiger charge is -2.04. The maximum Gasteiger partial charge on any atom is 0.228 e. The van der Waals surface area contributed by atoms with Gasteiger partial charge in [0.15, 0.2) is 0 Å². The predicted octanol–water partition coefficient (Wildman–Crippen LogP) is 3.92. The summed E-state index contributed by atoms with van der Waals surface area (Å²) in [5.74, 6) is -0.0413. The van der Waals surface area contributed by atoms with Crippen LogP contribution in [0.15, 0.2) is 59.2 Å². The Morgan fingerprint density at radius 3 is 2.65 bits per heavy atom. The molecule has 0 aliphatic rings. The number of anilines is 1. The maximum absolute atomic E-state index is 12.1. The first kappa shape index (κ1) is 12.5. The number of carbonyl (C=O) groups excluding carboxylic acids is 1. The van der Waals surface area contributed by atoms with Crippen molar-refractivity contribution in [3.05, 3.63) is 65.9 Å². The Balaban J connectivity index is 1.74. The number of benzene rings is 2. The minimum absolute atomic E-state index is 0.0413. The second kappa shape index (κ2) is 5.21. The molecule has 2 aromatic carbocycles. The van der Waals surface area contributed by atoms with E-state index in [2.05, 4.69) is 5.32 Å². The standard InChI is InChI=1S/C17H15NO2/c1-12-6-8-14(9-7-12)18-17(19)10-13-11-20-16-5-3-2-4-15(13)16/h2-9,11H,10H2,1H3,(H,18,19). The lowest BCUT2D eigenvalue weighted by molar-refractivity contribution is -0.115. The van der Waals surface area contributed by atoms with Crippen molar-refractivity contribution in [2.24, 2.45) is 0 Å². The molecule has 1 aromatic heterocycles. The highest BCUT2D eigenvalue weighted by molar-refractivity contribution is 5.95. The van der Waals surface area contributed by atoms with Gasteiger partial charge < -0.3 is 9.73 Å². The molecule has 0 radical (unpaired) electrons. The third-order valence-electron chi connectivity index (χ3n) is 3.25. The van der Waals surface area contributed by atoms with Gasteiger partial charge in [0, 0.05) is 16.6 Å². The van der Waals surface area contributed by atoms with Crippen LogP contribution in [0.5, 0.6) is 0 Å². The average molecular weight is 265 g/mol. The summed E-state index contributed by atoms with van der Waals surface area (Å²) in [5, 5.41) is 3.88. The minimum Gasteiger partial charge on any atom is -0.464 e. The zero-order chi connectivity index (χ0) is 13.9. The van der Waals surface area contributed by atoms with Crippen LogP contribution in [-0.4, -0.2) is 5.91 Å². The topological polar surface area (TPSA) is 42.2 Å². The Hall–Kier alpha value is -2.55. The van der Waals surface area contributed by atoms with E-state index >= 15 is 0 Å². The number of aryl methyl sites for hydroxylation is 1. The fourth-order valence-corrected chi connectivity index (χ4v) is 2.18. The molecule has 1 N–H and O–H groups in total. The third kappa shape index (κ3) is 2.57.